The Morgan fingerprint density at radius 3 is 2.72 bits per heavy atom. The Morgan fingerprint density at radius 1 is 1.28 bits per heavy atom. The van der Waals surface area contributed by atoms with Crippen molar-refractivity contribution in [2.75, 3.05) is 5.73 Å². The molecule has 0 saturated carbocycles. The Morgan fingerprint density at radius 2 is 2.03 bits per heavy atom. The molecule has 1 aliphatic carbocycles. The molecule has 0 unspecified atom stereocenters. The van der Waals surface area contributed by atoms with E-state index in [1.807, 2.05) is 24.3 Å². The van der Waals surface area contributed by atoms with Crippen LogP contribution in [0.4, 0.5) is 5.69 Å². The summed E-state index contributed by atoms with van der Waals surface area (Å²) < 4.78 is 0. The zero-order valence-electron chi connectivity index (χ0n) is 15.8. The Bertz CT molecular complexity index is 1320. The molecule has 0 saturated heterocycles. The van der Waals surface area contributed by atoms with Gasteiger partial charge in [-0.2, -0.15) is 5.26 Å². The molecule has 1 aliphatic rings. The molecule has 4 rings (SSSR count). The molecule has 0 aliphatic heterocycles. The Balaban J connectivity index is 1.87. The number of hydrogen-bond donors (Lipinski definition) is 2. The van der Waals surface area contributed by atoms with E-state index in [0.29, 0.717) is 14.9 Å². The number of aromatic nitrogens is 1. The van der Waals surface area contributed by atoms with Crippen LogP contribution in [0.1, 0.15) is 41.8 Å². The molecule has 3 aromatic rings. The molecule has 3 N–H and O–H groups in total. The predicted octanol–water partition coefficient (Wildman–Crippen LogP) is 6.13. The van der Waals surface area contributed by atoms with Crippen LogP contribution >= 0.6 is 34.5 Å². The third-order valence-corrected chi connectivity index (χ3v) is 7.30. The number of allylic oxidation sites excluding steroid dienone is 2. The van der Waals surface area contributed by atoms with E-state index in [4.69, 9.17) is 28.9 Å². The number of nitriles is 1. The van der Waals surface area contributed by atoms with Crippen molar-refractivity contribution in [3.8, 4) is 6.07 Å². The van der Waals surface area contributed by atoms with E-state index in [2.05, 4.69) is 31.0 Å². The molecule has 0 radical (unpaired) electrons. The van der Waals surface area contributed by atoms with Crippen molar-refractivity contribution in [1.82, 2.24) is 4.98 Å². The van der Waals surface area contributed by atoms with Gasteiger partial charge in [-0.15, -0.1) is 11.3 Å². The van der Waals surface area contributed by atoms with Crippen LogP contribution in [0, 0.1) is 11.3 Å². The van der Waals surface area contributed by atoms with Gasteiger partial charge in [-0.3, -0.25) is 4.79 Å². The lowest BCUT2D eigenvalue weighted by Crippen LogP contribution is -2.20. The molecule has 146 valence electrons. The highest BCUT2D eigenvalue weighted by Crippen LogP contribution is 2.47. The summed E-state index contributed by atoms with van der Waals surface area (Å²) in [6.45, 7) is 4.33. The van der Waals surface area contributed by atoms with Crippen LogP contribution in [-0.4, -0.2) is 4.98 Å². The SMILES string of the molecule is CC1(C)CC(/C=C/c2ccc(Cl)c(Cl)c2)=Cc2c1sc1[nH]c(=O)c(C#N)c(N)c21. The monoisotopic (exact) mass is 441 g/mol. The van der Waals surface area contributed by atoms with Crippen molar-refractivity contribution < 1.29 is 0 Å². The number of benzene rings is 1. The van der Waals surface area contributed by atoms with Gasteiger partial charge in [0.05, 0.1) is 15.7 Å². The number of nitrogens with two attached hydrogens (primary N) is 1. The molecule has 0 fully saturated rings. The number of aromatic amines is 1. The van der Waals surface area contributed by atoms with Gasteiger partial charge in [-0.1, -0.05) is 55.3 Å². The van der Waals surface area contributed by atoms with E-state index in [9.17, 15) is 10.1 Å². The lowest BCUT2D eigenvalue weighted by molar-refractivity contribution is 0.531. The number of nitrogens with zero attached hydrogens (tertiary/aromatic N) is 1. The summed E-state index contributed by atoms with van der Waals surface area (Å²) in [6, 6.07) is 7.42. The number of fused-ring (bicyclic) bond motifs is 3. The largest absolute Gasteiger partial charge is 0.397 e. The van der Waals surface area contributed by atoms with Gasteiger partial charge in [0.1, 0.15) is 16.5 Å². The molecule has 4 nitrogen and oxygen atoms in total. The van der Waals surface area contributed by atoms with E-state index < -0.39 is 5.56 Å². The van der Waals surface area contributed by atoms with Crippen molar-refractivity contribution >= 4 is 62.6 Å². The molecule has 0 spiro atoms. The standard InChI is InChI=1S/C22H17Cl2N3OS/c1-22(2)9-12(4-3-11-5-6-15(23)16(24)8-11)7-13-17-18(26)14(10-25)20(28)27-21(17)29-19(13)22/h3-8H,9H2,1-2H3,(H3,26,27,28)/b4-3+. The highest BCUT2D eigenvalue weighted by molar-refractivity contribution is 7.19. The average Bonchev–Trinajstić information content (AvgIpc) is 3.02. The Labute approximate surface area is 181 Å². The van der Waals surface area contributed by atoms with Gasteiger partial charge in [-0.05, 0) is 35.8 Å². The molecule has 0 bridgehead atoms. The second kappa shape index (κ2) is 7.07. The van der Waals surface area contributed by atoms with E-state index in [0.717, 1.165) is 33.4 Å². The van der Waals surface area contributed by atoms with Crippen molar-refractivity contribution in [3.05, 3.63) is 71.8 Å². The second-order valence-electron chi connectivity index (χ2n) is 7.69. The van der Waals surface area contributed by atoms with Gasteiger partial charge in [0.2, 0.25) is 0 Å². The summed E-state index contributed by atoms with van der Waals surface area (Å²) in [5.41, 5.74) is 8.88. The van der Waals surface area contributed by atoms with Crippen LogP contribution in [0.25, 0.3) is 22.4 Å². The lowest BCUT2D eigenvalue weighted by atomic mass is 9.77. The molecule has 29 heavy (non-hydrogen) atoms. The summed E-state index contributed by atoms with van der Waals surface area (Å²) in [7, 11) is 0. The van der Waals surface area contributed by atoms with Gasteiger partial charge in [-0.25, -0.2) is 0 Å². The number of pyridine rings is 1. The number of anilines is 1. The summed E-state index contributed by atoms with van der Waals surface area (Å²) in [6.07, 6.45) is 6.97. The highest BCUT2D eigenvalue weighted by atomic mass is 35.5. The fraction of sp³-hybridized carbons (Fsp3) is 0.182. The molecular formula is C22H17Cl2N3OS. The first-order valence-corrected chi connectivity index (χ1v) is 10.5. The number of nitrogen functional groups attached to an aromatic ring is 1. The summed E-state index contributed by atoms with van der Waals surface area (Å²) in [4.78, 5) is 16.8. The zero-order chi connectivity index (χ0) is 20.9. The predicted molar refractivity (Wildman–Crippen MR) is 123 cm³/mol. The fourth-order valence-corrected chi connectivity index (χ4v) is 5.31. The van der Waals surface area contributed by atoms with Gasteiger partial charge < -0.3 is 10.7 Å². The van der Waals surface area contributed by atoms with Crippen LogP contribution in [0.3, 0.4) is 0 Å². The topological polar surface area (TPSA) is 82.7 Å². The normalized spacial score (nSPS) is 15.3. The zero-order valence-corrected chi connectivity index (χ0v) is 18.1. The fourth-order valence-electron chi connectivity index (χ4n) is 3.72. The first kappa shape index (κ1) is 19.8. The molecule has 2 aromatic heterocycles. The van der Waals surface area contributed by atoms with Gasteiger partial charge in [0.25, 0.3) is 5.56 Å². The second-order valence-corrected chi connectivity index (χ2v) is 9.53. The number of halogens is 2. The van der Waals surface area contributed by atoms with Crippen LogP contribution < -0.4 is 11.3 Å². The maximum atomic E-state index is 12.1. The molecule has 0 atom stereocenters. The molecule has 2 heterocycles. The average molecular weight is 442 g/mol. The third-order valence-electron chi connectivity index (χ3n) is 5.07. The number of H-pyrrole nitrogens is 1. The smallest absolute Gasteiger partial charge is 0.269 e. The van der Waals surface area contributed by atoms with E-state index >= 15 is 0 Å². The number of nitrogens with one attached hydrogen (secondary N) is 1. The molecule has 7 heteroatoms. The summed E-state index contributed by atoms with van der Waals surface area (Å²) in [5, 5.41) is 11.1. The molecule has 1 aromatic carbocycles. The molecule has 0 amide bonds. The van der Waals surface area contributed by atoms with Crippen LogP contribution in [0.15, 0.2) is 34.6 Å². The highest BCUT2D eigenvalue weighted by Gasteiger charge is 2.32. The Kier molecular flexibility index (Phi) is 4.82. The first-order valence-electron chi connectivity index (χ1n) is 8.94. The minimum Gasteiger partial charge on any atom is -0.397 e. The van der Waals surface area contributed by atoms with E-state index in [1.165, 1.54) is 11.3 Å². The van der Waals surface area contributed by atoms with Gasteiger partial charge in [0.15, 0.2) is 0 Å². The van der Waals surface area contributed by atoms with Crippen LogP contribution in [0.2, 0.25) is 10.0 Å². The first-order chi connectivity index (χ1) is 13.7. The number of thiophene rings is 1. The Hall–Kier alpha value is -2.52. The minimum absolute atomic E-state index is 0.0391. The van der Waals surface area contributed by atoms with Gasteiger partial charge >= 0.3 is 0 Å². The molecular weight excluding hydrogens is 425 g/mol. The number of hydrogen-bond acceptors (Lipinski definition) is 4. The lowest BCUT2D eigenvalue weighted by Gasteiger charge is -2.29. The van der Waals surface area contributed by atoms with Crippen molar-refractivity contribution in [2.45, 2.75) is 25.7 Å². The maximum absolute atomic E-state index is 12.1. The maximum Gasteiger partial charge on any atom is 0.269 e. The van der Waals surface area contributed by atoms with Crippen molar-refractivity contribution in [2.24, 2.45) is 0 Å². The number of rotatable bonds is 2. The van der Waals surface area contributed by atoms with Crippen molar-refractivity contribution in [1.29, 1.82) is 5.26 Å². The minimum atomic E-state index is -0.447. The van der Waals surface area contributed by atoms with Gasteiger partial charge in [0, 0.05) is 21.2 Å². The summed E-state index contributed by atoms with van der Waals surface area (Å²) in [5.74, 6) is 0. The van der Waals surface area contributed by atoms with E-state index in [-0.39, 0.29) is 16.7 Å². The third kappa shape index (κ3) is 3.38. The summed E-state index contributed by atoms with van der Waals surface area (Å²) >= 11 is 13.6. The van der Waals surface area contributed by atoms with Crippen molar-refractivity contribution in [3.63, 3.8) is 0 Å². The van der Waals surface area contributed by atoms with Crippen LogP contribution in [-0.2, 0) is 5.41 Å². The van der Waals surface area contributed by atoms with Crippen LogP contribution in [0.5, 0.6) is 0 Å². The quantitative estimate of drug-likeness (QED) is 0.501. The van der Waals surface area contributed by atoms with E-state index in [1.54, 1.807) is 6.07 Å².